The van der Waals surface area contributed by atoms with Crippen molar-refractivity contribution in [2.24, 2.45) is 0 Å². The Morgan fingerprint density at radius 1 is 0.971 bits per heavy atom. The van der Waals surface area contributed by atoms with E-state index in [1.165, 1.54) is 54.2 Å². The highest BCUT2D eigenvalue weighted by molar-refractivity contribution is 7.14. The lowest BCUT2D eigenvalue weighted by molar-refractivity contribution is 0.155. The first-order valence-electron chi connectivity index (χ1n) is 12.0. The summed E-state index contributed by atoms with van der Waals surface area (Å²) in [5.41, 5.74) is 12.5. The second-order valence-electron chi connectivity index (χ2n) is 9.09. The lowest BCUT2D eigenvalue weighted by atomic mass is 10.0. The van der Waals surface area contributed by atoms with E-state index in [1.807, 2.05) is 5.38 Å². The second kappa shape index (κ2) is 10.5. The Balaban J connectivity index is 1.25. The highest BCUT2D eigenvalue weighted by Gasteiger charge is 2.13. The molecule has 1 aliphatic rings. The monoisotopic (exact) mass is 485 g/mol. The van der Waals surface area contributed by atoms with E-state index < -0.39 is 0 Å². The van der Waals surface area contributed by atoms with Crippen LogP contribution in [0.2, 0.25) is 0 Å². The molecule has 8 heteroatoms. The number of hydrogen-bond acceptors (Lipinski definition) is 8. The molecule has 0 unspecified atom stereocenters. The number of piperazine rings is 1. The third kappa shape index (κ3) is 5.85. The molecule has 3 heterocycles. The van der Waals surface area contributed by atoms with Gasteiger partial charge in [0.05, 0.1) is 0 Å². The number of aromatic nitrogens is 3. The van der Waals surface area contributed by atoms with Crippen LogP contribution in [-0.2, 0) is 6.42 Å². The molecule has 35 heavy (non-hydrogen) atoms. The zero-order valence-electron chi connectivity index (χ0n) is 20.2. The van der Waals surface area contributed by atoms with Crippen LogP contribution in [0.25, 0.3) is 22.6 Å². The van der Waals surface area contributed by atoms with Gasteiger partial charge in [-0.3, -0.25) is 0 Å². The Labute approximate surface area is 210 Å². The zero-order chi connectivity index (χ0) is 24.2. The van der Waals surface area contributed by atoms with E-state index in [0.717, 1.165) is 29.3 Å². The van der Waals surface area contributed by atoms with E-state index in [4.69, 9.17) is 5.73 Å². The van der Waals surface area contributed by atoms with Crippen molar-refractivity contribution < 1.29 is 0 Å². The van der Waals surface area contributed by atoms with Gasteiger partial charge in [0.2, 0.25) is 0 Å². The van der Waals surface area contributed by atoms with Gasteiger partial charge in [0.25, 0.3) is 0 Å². The van der Waals surface area contributed by atoms with E-state index >= 15 is 0 Å². The predicted molar refractivity (Wildman–Crippen MR) is 145 cm³/mol. The molecule has 0 amide bonds. The first-order chi connectivity index (χ1) is 17.0. The summed E-state index contributed by atoms with van der Waals surface area (Å²) in [5, 5.41) is 6.21. The number of nitrogen functional groups attached to an aromatic ring is 1. The van der Waals surface area contributed by atoms with Gasteiger partial charge in [0, 0.05) is 50.0 Å². The molecule has 0 aliphatic carbocycles. The average Bonchev–Trinajstić information content (AvgIpc) is 3.34. The molecule has 5 rings (SSSR count). The molecule has 2 aromatic carbocycles. The standard InChI is InChI=1S/C27H31N7S/c1-19-3-6-22(21-7-4-20(5-8-21)10-12-34-15-13-33(2)14-16-34)17-23(19)30-27-31-24(18-35-27)26-29-11-9-25(28)32-26/h3-9,11,17-18H,10,12-16H2,1-2H3,(H,30,31)(H2,28,29,32). The van der Waals surface area contributed by atoms with E-state index in [0.29, 0.717) is 17.3 Å². The molecule has 0 bridgehead atoms. The molecule has 0 saturated carbocycles. The summed E-state index contributed by atoms with van der Waals surface area (Å²) < 4.78 is 0. The minimum atomic E-state index is 0.436. The predicted octanol–water partition coefficient (Wildman–Crippen LogP) is 4.69. The maximum absolute atomic E-state index is 5.79. The lowest BCUT2D eigenvalue weighted by Gasteiger charge is -2.32. The van der Waals surface area contributed by atoms with Crippen molar-refractivity contribution in [3.8, 4) is 22.6 Å². The fourth-order valence-electron chi connectivity index (χ4n) is 4.20. The Morgan fingerprint density at radius 3 is 2.51 bits per heavy atom. The molecule has 1 fully saturated rings. The van der Waals surface area contributed by atoms with Crippen molar-refractivity contribution in [3.05, 3.63) is 71.2 Å². The molecule has 0 radical (unpaired) electrons. The van der Waals surface area contributed by atoms with Gasteiger partial charge in [-0.05, 0) is 54.8 Å². The maximum atomic E-state index is 5.79. The van der Waals surface area contributed by atoms with Crippen LogP contribution >= 0.6 is 11.3 Å². The summed E-state index contributed by atoms with van der Waals surface area (Å²) in [6, 6.07) is 17.2. The van der Waals surface area contributed by atoms with E-state index in [2.05, 4.69) is 86.5 Å². The van der Waals surface area contributed by atoms with E-state index in [9.17, 15) is 0 Å². The van der Waals surface area contributed by atoms with Gasteiger partial charge in [0.15, 0.2) is 11.0 Å². The molecule has 3 N–H and O–H groups in total. The number of likely N-dealkylation sites (N-methyl/N-ethyl adjacent to an activating group) is 1. The number of nitrogens with one attached hydrogen (secondary N) is 1. The van der Waals surface area contributed by atoms with Crippen LogP contribution in [0.5, 0.6) is 0 Å². The van der Waals surface area contributed by atoms with Crippen LogP contribution < -0.4 is 11.1 Å². The number of aryl methyl sites for hydroxylation is 1. The van der Waals surface area contributed by atoms with Crippen molar-refractivity contribution >= 4 is 28.0 Å². The Kier molecular flexibility index (Phi) is 7.03. The third-order valence-electron chi connectivity index (χ3n) is 6.49. The molecule has 7 nitrogen and oxygen atoms in total. The smallest absolute Gasteiger partial charge is 0.187 e. The highest BCUT2D eigenvalue weighted by atomic mass is 32.1. The van der Waals surface area contributed by atoms with E-state index in [-0.39, 0.29) is 0 Å². The van der Waals surface area contributed by atoms with Crippen LogP contribution in [0.15, 0.2) is 60.1 Å². The first kappa shape index (κ1) is 23.4. The van der Waals surface area contributed by atoms with Crippen molar-refractivity contribution in [1.82, 2.24) is 24.8 Å². The molecule has 2 aromatic heterocycles. The summed E-state index contributed by atoms with van der Waals surface area (Å²) in [6.45, 7) is 7.90. The normalized spacial score (nSPS) is 14.8. The fraction of sp³-hybridized carbons (Fsp3) is 0.296. The number of nitrogens with zero attached hydrogens (tertiary/aromatic N) is 5. The third-order valence-corrected chi connectivity index (χ3v) is 7.25. The summed E-state index contributed by atoms with van der Waals surface area (Å²) in [5.74, 6) is 0.971. The largest absolute Gasteiger partial charge is 0.384 e. The Morgan fingerprint density at radius 2 is 1.74 bits per heavy atom. The van der Waals surface area contributed by atoms with Crippen LogP contribution in [0.4, 0.5) is 16.6 Å². The van der Waals surface area contributed by atoms with Gasteiger partial charge in [-0.2, -0.15) is 0 Å². The summed E-state index contributed by atoms with van der Waals surface area (Å²) in [6.07, 6.45) is 2.74. The summed E-state index contributed by atoms with van der Waals surface area (Å²) in [7, 11) is 2.20. The van der Waals surface area contributed by atoms with Crippen molar-refractivity contribution in [1.29, 1.82) is 0 Å². The van der Waals surface area contributed by atoms with Gasteiger partial charge in [0.1, 0.15) is 11.5 Å². The van der Waals surface area contributed by atoms with Crippen molar-refractivity contribution in [2.45, 2.75) is 13.3 Å². The van der Waals surface area contributed by atoms with E-state index in [1.54, 1.807) is 12.3 Å². The molecular formula is C27H31N7S. The Bertz CT molecular complexity index is 1280. The van der Waals surface area contributed by atoms with Gasteiger partial charge in [-0.1, -0.05) is 36.4 Å². The number of thiazole rings is 1. The molecular weight excluding hydrogens is 454 g/mol. The first-order valence-corrected chi connectivity index (χ1v) is 12.8. The van der Waals surface area contributed by atoms with Gasteiger partial charge < -0.3 is 20.9 Å². The second-order valence-corrected chi connectivity index (χ2v) is 9.95. The number of anilines is 3. The van der Waals surface area contributed by atoms with Crippen molar-refractivity contribution in [3.63, 3.8) is 0 Å². The quantitative estimate of drug-likeness (QED) is 0.393. The topological polar surface area (TPSA) is 83.2 Å². The van der Waals surface area contributed by atoms with Crippen LogP contribution in [0.1, 0.15) is 11.1 Å². The number of hydrogen-bond donors (Lipinski definition) is 2. The van der Waals surface area contributed by atoms with Gasteiger partial charge in [-0.15, -0.1) is 11.3 Å². The summed E-state index contributed by atoms with van der Waals surface area (Å²) in [4.78, 5) is 18.2. The number of benzene rings is 2. The summed E-state index contributed by atoms with van der Waals surface area (Å²) >= 11 is 1.52. The highest BCUT2D eigenvalue weighted by Crippen LogP contribution is 2.30. The minimum Gasteiger partial charge on any atom is -0.384 e. The molecule has 1 aliphatic heterocycles. The van der Waals surface area contributed by atoms with Crippen LogP contribution in [0.3, 0.4) is 0 Å². The minimum absolute atomic E-state index is 0.436. The average molecular weight is 486 g/mol. The molecule has 0 spiro atoms. The van der Waals surface area contributed by atoms with Crippen LogP contribution in [0, 0.1) is 6.92 Å². The van der Waals surface area contributed by atoms with Crippen molar-refractivity contribution in [2.75, 3.05) is 50.8 Å². The van der Waals surface area contributed by atoms with Crippen LogP contribution in [-0.4, -0.2) is 64.5 Å². The number of rotatable bonds is 7. The molecule has 4 aromatic rings. The molecule has 180 valence electrons. The maximum Gasteiger partial charge on any atom is 0.187 e. The Hall–Kier alpha value is -3.33. The van der Waals surface area contributed by atoms with Gasteiger partial charge in [-0.25, -0.2) is 15.0 Å². The molecule has 0 atom stereocenters. The zero-order valence-corrected chi connectivity index (χ0v) is 21.1. The molecule has 1 saturated heterocycles. The lowest BCUT2D eigenvalue weighted by Crippen LogP contribution is -2.45. The number of nitrogens with two attached hydrogens (primary N) is 1. The fourth-order valence-corrected chi connectivity index (χ4v) is 4.91. The SMILES string of the molecule is Cc1ccc(-c2ccc(CCN3CCN(C)CC3)cc2)cc1Nc1nc(-c2nccc(N)n2)cs1. The van der Waals surface area contributed by atoms with Gasteiger partial charge >= 0.3 is 0 Å².